The predicted octanol–water partition coefficient (Wildman–Crippen LogP) is 4.67. The van der Waals surface area contributed by atoms with E-state index in [-0.39, 0.29) is 18.4 Å². The van der Waals surface area contributed by atoms with E-state index in [1.54, 1.807) is 0 Å². The van der Waals surface area contributed by atoms with E-state index in [2.05, 4.69) is 13.0 Å². The Labute approximate surface area is 209 Å². The van der Waals surface area contributed by atoms with Crippen molar-refractivity contribution in [1.29, 1.82) is 0 Å². The molecule has 35 heavy (non-hydrogen) atoms. The molecule has 192 valence electrons. The van der Waals surface area contributed by atoms with Crippen molar-refractivity contribution in [2.24, 2.45) is 17.8 Å². The van der Waals surface area contributed by atoms with Gasteiger partial charge in [-0.1, -0.05) is 38.0 Å². The van der Waals surface area contributed by atoms with E-state index >= 15 is 0 Å². The van der Waals surface area contributed by atoms with Gasteiger partial charge in [0.15, 0.2) is 0 Å². The fraction of sp³-hybridized carbons (Fsp3) is 0.586. The molecule has 0 aromatic heterocycles. The van der Waals surface area contributed by atoms with E-state index in [9.17, 15) is 24.9 Å². The highest BCUT2D eigenvalue weighted by atomic mass is 16.3. The van der Waals surface area contributed by atoms with E-state index in [0.29, 0.717) is 44.4 Å². The van der Waals surface area contributed by atoms with Crippen LogP contribution in [0, 0.1) is 31.6 Å². The lowest BCUT2D eigenvalue weighted by atomic mass is 9.67. The smallest absolute Gasteiger partial charge is 0.233 e. The maximum absolute atomic E-state index is 13.1. The van der Waals surface area contributed by atoms with Gasteiger partial charge < -0.3 is 15.3 Å². The number of phenolic OH excluding ortho intramolecular Hbond substituents is 1. The summed E-state index contributed by atoms with van der Waals surface area (Å²) in [5.41, 5.74) is 5.64. The molecule has 1 aromatic rings. The number of carbonyl (C=O) groups is 2. The molecular weight excluding hydrogens is 442 g/mol. The number of rotatable bonds is 10. The Kier molecular flexibility index (Phi) is 8.94. The Hall–Kier alpha value is -2.44. The minimum absolute atomic E-state index is 0.129. The van der Waals surface area contributed by atoms with Gasteiger partial charge in [0.25, 0.3) is 0 Å². The van der Waals surface area contributed by atoms with Crippen molar-refractivity contribution < 1.29 is 24.9 Å². The number of aromatic hydroxyl groups is 1. The fourth-order valence-corrected chi connectivity index (χ4v) is 5.94. The third-order valence-electron chi connectivity index (χ3n) is 7.78. The zero-order valence-corrected chi connectivity index (χ0v) is 21.8. The molecule has 0 radical (unpaired) electrons. The quantitative estimate of drug-likeness (QED) is 0.332. The van der Waals surface area contributed by atoms with Crippen LogP contribution >= 0.6 is 0 Å². The van der Waals surface area contributed by atoms with E-state index in [1.165, 1.54) is 10.5 Å². The molecule has 6 nitrogen and oxygen atoms in total. The van der Waals surface area contributed by atoms with Crippen LogP contribution < -0.4 is 0 Å². The maximum atomic E-state index is 13.1. The standard InChI is InChI=1S/C29H41NO5/c1-6-11-30-28(34)22-15-21(8-3)25(23(16-31)26(22)29(30)35)24(32)10-9-19(7-2)14-20-12-17(4)27(33)18(5)13-20/h12-14,22-24,26,31-33H,6-11,15-16H2,1-5H3/b19-14+/t22-,23+,24-,26-/m1/s1. The number of hydrogen-bond donors (Lipinski definition) is 3. The van der Waals surface area contributed by atoms with Crippen LogP contribution in [0.4, 0.5) is 0 Å². The van der Waals surface area contributed by atoms with Crippen LogP contribution in [0.15, 0.2) is 28.9 Å². The molecule has 1 aliphatic carbocycles. The summed E-state index contributed by atoms with van der Waals surface area (Å²) in [7, 11) is 0. The summed E-state index contributed by atoms with van der Waals surface area (Å²) in [5.74, 6) is -1.54. The van der Waals surface area contributed by atoms with Crippen molar-refractivity contribution in [3.63, 3.8) is 0 Å². The first-order valence-corrected chi connectivity index (χ1v) is 13.0. The summed E-state index contributed by atoms with van der Waals surface area (Å²) in [5, 5.41) is 31.7. The second kappa shape index (κ2) is 11.5. The number of phenols is 1. The molecule has 0 saturated carbocycles. The van der Waals surface area contributed by atoms with Crippen LogP contribution in [0.1, 0.15) is 76.0 Å². The van der Waals surface area contributed by atoms with Gasteiger partial charge in [0, 0.05) is 12.5 Å². The van der Waals surface area contributed by atoms with Gasteiger partial charge in [0.1, 0.15) is 5.75 Å². The minimum Gasteiger partial charge on any atom is -0.507 e. The van der Waals surface area contributed by atoms with E-state index in [1.807, 2.05) is 39.8 Å². The van der Waals surface area contributed by atoms with Crippen LogP contribution in [0.5, 0.6) is 5.75 Å². The Morgan fingerprint density at radius 2 is 1.80 bits per heavy atom. The maximum Gasteiger partial charge on any atom is 0.233 e. The number of nitrogens with zero attached hydrogens (tertiary/aromatic N) is 1. The number of imide groups is 1. The van der Waals surface area contributed by atoms with Crippen LogP contribution in [-0.2, 0) is 9.59 Å². The Bertz CT molecular complexity index is 1000. The van der Waals surface area contributed by atoms with Crippen molar-refractivity contribution in [1.82, 2.24) is 4.90 Å². The lowest BCUT2D eigenvalue weighted by Crippen LogP contribution is -2.39. The Balaban J connectivity index is 1.83. The molecule has 2 aliphatic rings. The largest absolute Gasteiger partial charge is 0.507 e. The highest BCUT2D eigenvalue weighted by Crippen LogP contribution is 2.47. The number of aliphatic hydroxyl groups excluding tert-OH is 2. The van der Waals surface area contributed by atoms with Crippen molar-refractivity contribution >= 4 is 17.9 Å². The molecule has 1 aromatic carbocycles. The summed E-state index contributed by atoms with van der Waals surface area (Å²) < 4.78 is 0. The van der Waals surface area contributed by atoms with Crippen LogP contribution in [0.3, 0.4) is 0 Å². The Morgan fingerprint density at radius 1 is 1.14 bits per heavy atom. The average molecular weight is 484 g/mol. The summed E-state index contributed by atoms with van der Waals surface area (Å²) in [6.45, 7) is 9.96. The Morgan fingerprint density at radius 3 is 2.34 bits per heavy atom. The number of amides is 2. The highest BCUT2D eigenvalue weighted by Gasteiger charge is 2.54. The molecule has 0 unspecified atom stereocenters. The van der Waals surface area contributed by atoms with Gasteiger partial charge in [0.05, 0.1) is 24.5 Å². The van der Waals surface area contributed by atoms with Gasteiger partial charge in [-0.05, 0) is 86.8 Å². The SMILES string of the molecule is CCCN1C(=O)[C@@H]2[C@@H](CC(CC)=C([C@H](O)CC/C(=C/c3cc(C)c(O)c(C)c3)CC)[C@@H]2CO)C1=O. The zero-order valence-electron chi connectivity index (χ0n) is 21.8. The number of benzene rings is 1. The molecule has 4 atom stereocenters. The number of fused-ring (bicyclic) bond motifs is 1. The van der Waals surface area contributed by atoms with Crippen molar-refractivity contribution in [2.75, 3.05) is 13.2 Å². The topological polar surface area (TPSA) is 98.1 Å². The average Bonchev–Trinajstić information content (AvgIpc) is 3.08. The molecule has 6 heteroatoms. The monoisotopic (exact) mass is 483 g/mol. The van der Waals surface area contributed by atoms with Crippen molar-refractivity contribution in [3.8, 4) is 5.75 Å². The third-order valence-corrected chi connectivity index (χ3v) is 7.78. The number of allylic oxidation sites excluding steroid dienone is 2. The van der Waals surface area contributed by atoms with E-state index in [4.69, 9.17) is 0 Å². The lowest BCUT2D eigenvalue weighted by molar-refractivity contribution is -0.140. The van der Waals surface area contributed by atoms with E-state index in [0.717, 1.165) is 34.3 Å². The van der Waals surface area contributed by atoms with Gasteiger partial charge in [0.2, 0.25) is 11.8 Å². The molecule has 1 heterocycles. The van der Waals surface area contributed by atoms with Gasteiger partial charge >= 0.3 is 0 Å². The number of carbonyl (C=O) groups excluding carboxylic acids is 2. The molecule has 1 saturated heterocycles. The minimum atomic E-state index is -0.774. The van der Waals surface area contributed by atoms with Gasteiger partial charge in [-0.2, -0.15) is 0 Å². The van der Waals surface area contributed by atoms with Crippen molar-refractivity contribution in [3.05, 3.63) is 45.5 Å². The molecule has 0 bridgehead atoms. The van der Waals surface area contributed by atoms with E-state index < -0.39 is 23.9 Å². The predicted molar refractivity (Wildman–Crippen MR) is 138 cm³/mol. The molecule has 3 N–H and O–H groups in total. The lowest BCUT2D eigenvalue weighted by Gasteiger charge is -2.36. The van der Waals surface area contributed by atoms with Crippen LogP contribution in [0.25, 0.3) is 6.08 Å². The summed E-state index contributed by atoms with van der Waals surface area (Å²) >= 11 is 0. The molecule has 3 rings (SSSR count). The third kappa shape index (κ3) is 5.39. The normalized spacial score (nSPS) is 23.8. The first kappa shape index (κ1) is 27.2. The van der Waals surface area contributed by atoms with Gasteiger partial charge in [-0.25, -0.2) is 0 Å². The summed E-state index contributed by atoms with van der Waals surface area (Å²) in [6.07, 6.45) is 5.21. The molecule has 1 aliphatic heterocycles. The second-order valence-corrected chi connectivity index (χ2v) is 10.1. The molecule has 1 fully saturated rings. The first-order valence-electron chi connectivity index (χ1n) is 13.0. The van der Waals surface area contributed by atoms with Gasteiger partial charge in [-0.15, -0.1) is 0 Å². The van der Waals surface area contributed by atoms with Gasteiger partial charge in [-0.3, -0.25) is 14.5 Å². The number of hydrogen-bond acceptors (Lipinski definition) is 5. The second-order valence-electron chi connectivity index (χ2n) is 10.1. The molecule has 2 amide bonds. The highest BCUT2D eigenvalue weighted by molar-refractivity contribution is 6.05. The summed E-state index contributed by atoms with van der Waals surface area (Å²) in [4.78, 5) is 27.4. The molecule has 0 spiro atoms. The summed E-state index contributed by atoms with van der Waals surface area (Å²) in [6, 6.07) is 3.92. The fourth-order valence-electron chi connectivity index (χ4n) is 5.94. The van der Waals surface area contributed by atoms with Crippen LogP contribution in [0.2, 0.25) is 0 Å². The number of aryl methyl sites for hydroxylation is 2. The van der Waals surface area contributed by atoms with Crippen LogP contribution in [-0.4, -0.2) is 51.3 Å². The first-order chi connectivity index (χ1) is 16.7. The molecular formula is C29H41NO5. The number of aliphatic hydroxyl groups is 2. The zero-order chi connectivity index (χ0) is 25.9. The number of likely N-dealkylation sites (tertiary alicyclic amines) is 1. The van der Waals surface area contributed by atoms with Crippen molar-refractivity contribution in [2.45, 2.75) is 79.2 Å².